The van der Waals surface area contributed by atoms with E-state index >= 15 is 0 Å². The number of guanidine groups is 1. The molecule has 0 aromatic carbocycles. The highest BCUT2D eigenvalue weighted by Crippen LogP contribution is 2.30. The number of likely N-dealkylation sites (tertiary alicyclic amines) is 1. The van der Waals surface area contributed by atoms with Crippen LogP contribution in [0.2, 0.25) is 0 Å². The Morgan fingerprint density at radius 2 is 2.10 bits per heavy atom. The van der Waals surface area contributed by atoms with E-state index in [9.17, 15) is 4.79 Å². The van der Waals surface area contributed by atoms with Gasteiger partial charge in [-0.2, -0.15) is 4.98 Å². The number of amides is 1. The van der Waals surface area contributed by atoms with E-state index in [-0.39, 0.29) is 5.91 Å². The minimum absolute atomic E-state index is 0.0151. The number of carbonyl (C=O) groups excluding carboxylic acids is 1. The van der Waals surface area contributed by atoms with Crippen LogP contribution in [0.5, 0.6) is 0 Å². The number of aromatic nitrogens is 2. The first-order valence-electron chi connectivity index (χ1n) is 7.09. The van der Waals surface area contributed by atoms with Crippen LogP contribution in [0.3, 0.4) is 0 Å². The van der Waals surface area contributed by atoms with Crippen molar-refractivity contribution in [2.75, 3.05) is 27.2 Å². The third kappa shape index (κ3) is 2.63. The summed E-state index contributed by atoms with van der Waals surface area (Å²) in [6, 6.07) is 0. The van der Waals surface area contributed by atoms with Gasteiger partial charge >= 0.3 is 0 Å². The summed E-state index contributed by atoms with van der Waals surface area (Å²) in [7, 11) is 3.76. The van der Waals surface area contributed by atoms with Gasteiger partial charge in [0.2, 0.25) is 11.9 Å². The molecule has 8 heteroatoms. The van der Waals surface area contributed by atoms with Crippen LogP contribution in [0.15, 0.2) is 9.52 Å². The molecule has 1 saturated heterocycles. The lowest BCUT2D eigenvalue weighted by molar-refractivity contribution is -0.125. The second kappa shape index (κ2) is 5.10. The summed E-state index contributed by atoms with van der Waals surface area (Å²) < 4.78 is 4.98. The SMILES string of the molecule is Cc1nc(CN2CCC3(CC2)N=C(N(C)C)NC3=O)no1. The van der Waals surface area contributed by atoms with Crippen molar-refractivity contribution in [2.45, 2.75) is 31.8 Å². The predicted octanol–water partition coefficient (Wildman–Crippen LogP) is -0.240. The molecule has 21 heavy (non-hydrogen) atoms. The predicted molar refractivity (Wildman–Crippen MR) is 75.5 cm³/mol. The summed E-state index contributed by atoms with van der Waals surface area (Å²) in [5.41, 5.74) is -0.594. The van der Waals surface area contributed by atoms with E-state index in [4.69, 9.17) is 4.52 Å². The molecule has 3 heterocycles. The Bertz CT molecular complexity index is 571. The van der Waals surface area contributed by atoms with Gasteiger partial charge in [-0.1, -0.05) is 5.16 Å². The standard InChI is InChI=1S/C13H20N6O2/c1-9-14-10(17-21-9)8-19-6-4-13(5-7-19)11(20)15-12(16-13)18(2)3/h4-8H2,1-3H3,(H,15,16,20). The summed E-state index contributed by atoms with van der Waals surface area (Å²) in [5.74, 6) is 1.94. The summed E-state index contributed by atoms with van der Waals surface area (Å²) >= 11 is 0. The number of nitrogens with one attached hydrogen (secondary N) is 1. The third-order valence-corrected chi connectivity index (χ3v) is 4.01. The maximum atomic E-state index is 12.2. The largest absolute Gasteiger partial charge is 0.349 e. The Morgan fingerprint density at radius 3 is 2.62 bits per heavy atom. The van der Waals surface area contributed by atoms with Gasteiger partial charge in [0, 0.05) is 34.1 Å². The van der Waals surface area contributed by atoms with Crippen LogP contribution in [-0.2, 0) is 11.3 Å². The zero-order valence-corrected chi connectivity index (χ0v) is 12.6. The molecule has 3 rings (SSSR count). The fraction of sp³-hybridized carbons (Fsp3) is 0.692. The molecular formula is C13H20N6O2. The van der Waals surface area contributed by atoms with Gasteiger partial charge in [0.15, 0.2) is 5.82 Å². The highest BCUT2D eigenvalue weighted by Gasteiger charge is 2.46. The van der Waals surface area contributed by atoms with Crippen molar-refractivity contribution in [3.63, 3.8) is 0 Å². The monoisotopic (exact) mass is 292 g/mol. The number of hydrogen-bond acceptors (Lipinski definition) is 7. The van der Waals surface area contributed by atoms with Crippen molar-refractivity contribution in [3.8, 4) is 0 Å². The van der Waals surface area contributed by atoms with Crippen LogP contribution in [-0.4, -0.2) is 64.5 Å². The zero-order chi connectivity index (χ0) is 15.0. The molecule has 1 aromatic heterocycles. The number of piperidine rings is 1. The molecule has 8 nitrogen and oxygen atoms in total. The maximum absolute atomic E-state index is 12.2. The number of rotatable bonds is 2. The highest BCUT2D eigenvalue weighted by atomic mass is 16.5. The molecule has 1 spiro atoms. The van der Waals surface area contributed by atoms with Crippen molar-refractivity contribution in [3.05, 3.63) is 11.7 Å². The van der Waals surface area contributed by atoms with E-state index in [1.165, 1.54) is 0 Å². The van der Waals surface area contributed by atoms with E-state index < -0.39 is 5.54 Å². The number of nitrogens with zero attached hydrogens (tertiary/aromatic N) is 5. The number of aliphatic imine (C=N–C) groups is 1. The number of aryl methyl sites for hydroxylation is 1. The molecule has 0 atom stereocenters. The lowest BCUT2D eigenvalue weighted by Crippen LogP contribution is -2.49. The van der Waals surface area contributed by atoms with Gasteiger partial charge in [-0.15, -0.1) is 0 Å². The number of carbonyl (C=O) groups is 1. The van der Waals surface area contributed by atoms with Crippen LogP contribution < -0.4 is 5.32 Å². The molecule has 2 aliphatic heterocycles. The van der Waals surface area contributed by atoms with Gasteiger partial charge in [-0.3, -0.25) is 15.0 Å². The Hall–Kier alpha value is -1.96. The van der Waals surface area contributed by atoms with Crippen molar-refractivity contribution >= 4 is 11.9 Å². The Balaban J connectivity index is 1.63. The lowest BCUT2D eigenvalue weighted by atomic mass is 9.88. The molecule has 114 valence electrons. The molecule has 1 amide bonds. The van der Waals surface area contributed by atoms with Gasteiger partial charge in [0.05, 0.1) is 6.54 Å². The van der Waals surface area contributed by atoms with Crippen LogP contribution in [0.25, 0.3) is 0 Å². The lowest BCUT2D eigenvalue weighted by Gasteiger charge is -2.34. The number of hydrogen-bond donors (Lipinski definition) is 1. The van der Waals surface area contributed by atoms with Gasteiger partial charge in [-0.05, 0) is 12.8 Å². The molecule has 0 bridgehead atoms. The minimum atomic E-state index is -0.594. The Kier molecular flexibility index (Phi) is 3.40. The average Bonchev–Trinajstić information content (AvgIpc) is 2.98. The molecular weight excluding hydrogens is 272 g/mol. The second-order valence-electron chi connectivity index (χ2n) is 5.82. The summed E-state index contributed by atoms with van der Waals surface area (Å²) in [4.78, 5) is 25.1. The Labute approximate surface area is 123 Å². The van der Waals surface area contributed by atoms with E-state index in [0.717, 1.165) is 13.1 Å². The second-order valence-corrected chi connectivity index (χ2v) is 5.82. The summed E-state index contributed by atoms with van der Waals surface area (Å²) in [6.45, 7) is 4.03. The van der Waals surface area contributed by atoms with Crippen molar-refractivity contribution in [1.29, 1.82) is 0 Å². The van der Waals surface area contributed by atoms with Crippen molar-refractivity contribution < 1.29 is 9.32 Å². The topological polar surface area (TPSA) is 86.9 Å². The third-order valence-electron chi connectivity index (χ3n) is 4.01. The van der Waals surface area contributed by atoms with Crippen molar-refractivity contribution in [1.82, 2.24) is 25.3 Å². The first-order chi connectivity index (χ1) is 9.98. The van der Waals surface area contributed by atoms with Crippen LogP contribution in [0.4, 0.5) is 0 Å². The van der Waals surface area contributed by atoms with Crippen LogP contribution >= 0.6 is 0 Å². The highest BCUT2D eigenvalue weighted by molar-refractivity contribution is 6.07. The van der Waals surface area contributed by atoms with Gasteiger partial charge < -0.3 is 9.42 Å². The summed E-state index contributed by atoms with van der Waals surface area (Å²) in [6.07, 6.45) is 1.43. The fourth-order valence-electron chi connectivity index (χ4n) is 2.74. The smallest absolute Gasteiger partial charge is 0.254 e. The minimum Gasteiger partial charge on any atom is -0.349 e. The average molecular weight is 292 g/mol. The van der Waals surface area contributed by atoms with Gasteiger partial charge in [0.25, 0.3) is 5.91 Å². The Morgan fingerprint density at radius 1 is 1.38 bits per heavy atom. The quantitative estimate of drug-likeness (QED) is 0.809. The molecule has 0 aliphatic carbocycles. The maximum Gasteiger partial charge on any atom is 0.254 e. The van der Waals surface area contributed by atoms with Gasteiger partial charge in [-0.25, -0.2) is 4.99 Å². The molecule has 0 radical (unpaired) electrons. The summed E-state index contributed by atoms with van der Waals surface area (Å²) in [5, 5.41) is 6.77. The fourth-order valence-corrected chi connectivity index (χ4v) is 2.74. The van der Waals surface area contributed by atoms with Crippen molar-refractivity contribution in [2.24, 2.45) is 4.99 Å². The first-order valence-corrected chi connectivity index (χ1v) is 7.09. The van der Waals surface area contributed by atoms with Crippen LogP contribution in [0, 0.1) is 6.92 Å². The molecule has 2 aliphatic rings. The van der Waals surface area contributed by atoms with Gasteiger partial charge in [0.1, 0.15) is 5.54 Å². The molecule has 0 unspecified atom stereocenters. The first kappa shape index (κ1) is 14.0. The van der Waals surface area contributed by atoms with E-state index in [0.29, 0.717) is 37.1 Å². The zero-order valence-electron chi connectivity index (χ0n) is 12.6. The normalized spacial score (nSPS) is 21.5. The molecule has 0 saturated carbocycles. The van der Waals surface area contributed by atoms with E-state index in [1.54, 1.807) is 6.92 Å². The molecule has 1 fully saturated rings. The molecule has 1 aromatic rings. The van der Waals surface area contributed by atoms with Crippen LogP contribution in [0.1, 0.15) is 24.6 Å². The molecule has 1 N–H and O–H groups in total. The van der Waals surface area contributed by atoms with E-state index in [2.05, 4.69) is 25.3 Å². The van der Waals surface area contributed by atoms with E-state index in [1.807, 2.05) is 19.0 Å².